The number of hydrogen-bond donors (Lipinski definition) is 1. The van der Waals surface area contributed by atoms with Crippen LogP contribution in [-0.2, 0) is 11.3 Å². The molecular formula is C17H29IN4O. The molecule has 1 aromatic heterocycles. The van der Waals surface area contributed by atoms with E-state index in [4.69, 9.17) is 9.73 Å². The summed E-state index contributed by atoms with van der Waals surface area (Å²) in [4.78, 5) is 11.5. The molecule has 0 atom stereocenters. The summed E-state index contributed by atoms with van der Waals surface area (Å²) >= 11 is 0. The molecule has 6 heteroatoms. The zero-order valence-electron chi connectivity index (χ0n) is 14.4. The lowest BCUT2D eigenvalue weighted by molar-refractivity contribution is 0.0263. The fraction of sp³-hybridized carbons (Fsp3) is 0.647. The number of pyridine rings is 1. The molecule has 1 N–H and O–H groups in total. The first-order valence-corrected chi connectivity index (χ1v) is 8.30. The molecular weight excluding hydrogens is 403 g/mol. The predicted molar refractivity (Wildman–Crippen MR) is 105 cm³/mol. The van der Waals surface area contributed by atoms with Crippen molar-refractivity contribution >= 4 is 29.9 Å². The van der Waals surface area contributed by atoms with Gasteiger partial charge in [-0.05, 0) is 45.2 Å². The fourth-order valence-electron chi connectivity index (χ4n) is 2.73. The molecule has 1 aliphatic heterocycles. The third-order valence-corrected chi connectivity index (χ3v) is 3.98. The lowest BCUT2D eigenvalue weighted by atomic mass is 10.1. The lowest BCUT2D eigenvalue weighted by Gasteiger charge is -2.34. The van der Waals surface area contributed by atoms with E-state index in [-0.39, 0.29) is 24.0 Å². The van der Waals surface area contributed by atoms with Gasteiger partial charge in [-0.3, -0.25) is 4.98 Å². The van der Waals surface area contributed by atoms with E-state index in [1.807, 2.05) is 12.3 Å². The van der Waals surface area contributed by atoms with E-state index in [2.05, 4.69) is 42.0 Å². The Labute approximate surface area is 156 Å². The normalized spacial score (nSPS) is 16.1. The molecule has 0 aromatic carbocycles. The van der Waals surface area contributed by atoms with E-state index in [1.165, 1.54) is 5.56 Å². The van der Waals surface area contributed by atoms with Crippen LogP contribution < -0.4 is 5.32 Å². The van der Waals surface area contributed by atoms with Gasteiger partial charge in [0.2, 0.25) is 0 Å². The number of halogens is 1. The van der Waals surface area contributed by atoms with Crippen LogP contribution in [0.5, 0.6) is 0 Å². The first-order chi connectivity index (χ1) is 10.7. The second kappa shape index (κ2) is 10.8. The number of likely N-dealkylation sites (tertiary alicyclic amines) is 1. The number of aliphatic imine (C=N–C) groups is 1. The quantitative estimate of drug-likeness (QED) is 0.442. The van der Waals surface area contributed by atoms with E-state index in [0.29, 0.717) is 12.6 Å². The van der Waals surface area contributed by atoms with E-state index in [0.717, 1.165) is 50.7 Å². The lowest BCUT2D eigenvalue weighted by Crippen LogP contribution is -2.47. The van der Waals surface area contributed by atoms with Crippen molar-refractivity contribution < 1.29 is 4.74 Å². The monoisotopic (exact) mass is 432 g/mol. The topological polar surface area (TPSA) is 49.8 Å². The third kappa shape index (κ3) is 6.25. The van der Waals surface area contributed by atoms with Gasteiger partial charge in [-0.1, -0.05) is 6.07 Å². The maximum Gasteiger partial charge on any atom is 0.194 e. The summed E-state index contributed by atoms with van der Waals surface area (Å²) in [5.41, 5.74) is 2.24. The van der Waals surface area contributed by atoms with Crippen molar-refractivity contribution in [2.75, 3.05) is 26.2 Å². The molecule has 0 saturated carbocycles. The van der Waals surface area contributed by atoms with Gasteiger partial charge >= 0.3 is 0 Å². The molecule has 23 heavy (non-hydrogen) atoms. The SMILES string of the molecule is CCNC(=NCc1ncccc1C)N1CCC(OCC)CC1.I. The van der Waals surface area contributed by atoms with Crippen molar-refractivity contribution in [2.45, 2.75) is 46.3 Å². The summed E-state index contributed by atoms with van der Waals surface area (Å²) in [6.07, 6.45) is 4.38. The van der Waals surface area contributed by atoms with Crippen molar-refractivity contribution in [3.05, 3.63) is 29.6 Å². The minimum atomic E-state index is 0. The van der Waals surface area contributed by atoms with Crippen molar-refractivity contribution in [3.8, 4) is 0 Å². The van der Waals surface area contributed by atoms with Crippen LogP contribution in [0.2, 0.25) is 0 Å². The predicted octanol–water partition coefficient (Wildman–Crippen LogP) is 2.97. The first-order valence-electron chi connectivity index (χ1n) is 8.30. The zero-order valence-corrected chi connectivity index (χ0v) is 16.7. The van der Waals surface area contributed by atoms with E-state index < -0.39 is 0 Å². The highest BCUT2D eigenvalue weighted by Crippen LogP contribution is 2.14. The van der Waals surface area contributed by atoms with Crippen LogP contribution in [0.3, 0.4) is 0 Å². The smallest absolute Gasteiger partial charge is 0.194 e. The molecule has 5 nitrogen and oxygen atoms in total. The van der Waals surface area contributed by atoms with Crippen molar-refractivity contribution in [1.29, 1.82) is 0 Å². The van der Waals surface area contributed by atoms with Crippen molar-refractivity contribution in [2.24, 2.45) is 4.99 Å². The fourth-order valence-corrected chi connectivity index (χ4v) is 2.73. The maximum absolute atomic E-state index is 5.72. The number of hydrogen-bond acceptors (Lipinski definition) is 3. The molecule has 0 unspecified atom stereocenters. The number of guanidine groups is 1. The molecule has 130 valence electrons. The molecule has 0 bridgehead atoms. The summed E-state index contributed by atoms with van der Waals surface area (Å²) in [5.74, 6) is 0.988. The summed E-state index contributed by atoms with van der Waals surface area (Å²) in [5, 5.41) is 3.40. The number of nitrogens with one attached hydrogen (secondary N) is 1. The maximum atomic E-state index is 5.72. The van der Waals surface area contributed by atoms with Crippen LogP contribution in [0.4, 0.5) is 0 Å². The molecule has 0 radical (unpaired) electrons. The second-order valence-electron chi connectivity index (χ2n) is 5.58. The molecule has 0 spiro atoms. The van der Waals surface area contributed by atoms with Crippen LogP contribution in [0, 0.1) is 6.92 Å². The highest BCUT2D eigenvalue weighted by molar-refractivity contribution is 14.0. The number of rotatable bonds is 5. The minimum absolute atomic E-state index is 0. The Hall–Kier alpha value is -0.890. The van der Waals surface area contributed by atoms with Gasteiger partial charge in [0.1, 0.15) is 0 Å². The Morgan fingerprint density at radius 1 is 1.39 bits per heavy atom. The standard InChI is InChI=1S/C17H28N4O.HI/c1-4-18-17(20-13-16-14(3)7-6-10-19-16)21-11-8-15(9-12-21)22-5-2;/h6-7,10,15H,4-5,8-9,11-13H2,1-3H3,(H,18,20);1H. The van der Waals surface area contributed by atoms with Gasteiger partial charge in [0.25, 0.3) is 0 Å². The van der Waals surface area contributed by atoms with Crippen LogP contribution in [0.25, 0.3) is 0 Å². The molecule has 0 aliphatic carbocycles. The molecule has 1 saturated heterocycles. The highest BCUT2D eigenvalue weighted by atomic mass is 127. The molecule has 1 aliphatic rings. The van der Waals surface area contributed by atoms with Crippen LogP contribution >= 0.6 is 24.0 Å². The molecule has 2 heterocycles. The van der Waals surface area contributed by atoms with Gasteiger partial charge in [-0.15, -0.1) is 24.0 Å². The van der Waals surface area contributed by atoms with E-state index >= 15 is 0 Å². The van der Waals surface area contributed by atoms with Gasteiger partial charge in [0, 0.05) is 32.4 Å². The third-order valence-electron chi connectivity index (χ3n) is 3.98. The van der Waals surface area contributed by atoms with Gasteiger partial charge in [0.15, 0.2) is 5.96 Å². The van der Waals surface area contributed by atoms with E-state index in [1.54, 1.807) is 0 Å². The molecule has 0 amide bonds. The van der Waals surface area contributed by atoms with Crippen molar-refractivity contribution in [1.82, 2.24) is 15.2 Å². The van der Waals surface area contributed by atoms with Gasteiger partial charge in [-0.25, -0.2) is 4.99 Å². The number of ether oxygens (including phenoxy) is 1. The Morgan fingerprint density at radius 2 is 2.13 bits per heavy atom. The Morgan fingerprint density at radius 3 is 2.74 bits per heavy atom. The van der Waals surface area contributed by atoms with Crippen LogP contribution in [-0.4, -0.2) is 48.2 Å². The Kier molecular flexibility index (Phi) is 9.47. The summed E-state index contributed by atoms with van der Waals surface area (Å²) < 4.78 is 5.72. The number of nitrogens with zero attached hydrogens (tertiary/aromatic N) is 3. The van der Waals surface area contributed by atoms with Crippen molar-refractivity contribution in [3.63, 3.8) is 0 Å². The second-order valence-corrected chi connectivity index (χ2v) is 5.58. The highest BCUT2D eigenvalue weighted by Gasteiger charge is 2.21. The summed E-state index contributed by atoms with van der Waals surface area (Å²) in [6.45, 7) is 10.6. The average Bonchev–Trinajstić information content (AvgIpc) is 2.54. The molecule has 1 aromatic rings. The largest absolute Gasteiger partial charge is 0.378 e. The molecule has 1 fully saturated rings. The van der Waals surface area contributed by atoms with Crippen LogP contribution in [0.15, 0.2) is 23.3 Å². The number of piperidine rings is 1. The number of aromatic nitrogens is 1. The minimum Gasteiger partial charge on any atom is -0.378 e. The average molecular weight is 432 g/mol. The first kappa shape index (κ1) is 20.2. The summed E-state index contributed by atoms with van der Waals surface area (Å²) in [7, 11) is 0. The van der Waals surface area contributed by atoms with Gasteiger partial charge < -0.3 is 15.0 Å². The van der Waals surface area contributed by atoms with Gasteiger partial charge in [0.05, 0.1) is 18.3 Å². The summed E-state index contributed by atoms with van der Waals surface area (Å²) in [6, 6.07) is 4.05. The Balaban J connectivity index is 0.00000264. The number of aryl methyl sites for hydroxylation is 1. The van der Waals surface area contributed by atoms with E-state index in [9.17, 15) is 0 Å². The Bertz CT molecular complexity index is 487. The van der Waals surface area contributed by atoms with Crippen LogP contribution in [0.1, 0.15) is 37.9 Å². The van der Waals surface area contributed by atoms with Gasteiger partial charge in [-0.2, -0.15) is 0 Å². The molecule has 2 rings (SSSR count). The zero-order chi connectivity index (χ0) is 15.8.